The molecular formula is C11H13NO4. The van der Waals surface area contributed by atoms with Gasteiger partial charge in [0.2, 0.25) is 5.91 Å². The van der Waals surface area contributed by atoms with Crippen LogP contribution in [0.1, 0.15) is 23.7 Å². The predicted molar refractivity (Wildman–Crippen MR) is 57.3 cm³/mol. The number of benzene rings is 1. The molecule has 16 heavy (non-hydrogen) atoms. The Bertz CT molecular complexity index is 385. The van der Waals surface area contributed by atoms with E-state index in [9.17, 15) is 9.59 Å². The molecule has 1 atom stereocenters. The first-order valence-corrected chi connectivity index (χ1v) is 4.84. The van der Waals surface area contributed by atoms with Crippen molar-refractivity contribution < 1.29 is 19.4 Å². The molecule has 5 nitrogen and oxygen atoms in total. The van der Waals surface area contributed by atoms with Gasteiger partial charge in [-0.15, -0.1) is 0 Å². The zero-order valence-corrected chi connectivity index (χ0v) is 8.84. The van der Waals surface area contributed by atoms with E-state index in [0.717, 1.165) is 0 Å². The molecule has 0 bridgehead atoms. The van der Waals surface area contributed by atoms with Crippen molar-refractivity contribution in [3.63, 3.8) is 0 Å². The van der Waals surface area contributed by atoms with E-state index in [2.05, 4.69) is 0 Å². The Morgan fingerprint density at radius 2 is 1.94 bits per heavy atom. The van der Waals surface area contributed by atoms with Crippen LogP contribution >= 0.6 is 0 Å². The molecule has 0 aliphatic rings. The molecule has 1 amide bonds. The predicted octanol–water partition coefficient (Wildman–Crippen LogP) is 1.03. The van der Waals surface area contributed by atoms with Crippen LogP contribution in [0.25, 0.3) is 0 Å². The molecular weight excluding hydrogens is 210 g/mol. The molecule has 0 aromatic heterocycles. The van der Waals surface area contributed by atoms with E-state index in [4.69, 9.17) is 15.6 Å². The lowest BCUT2D eigenvalue weighted by Crippen LogP contribution is -2.25. The number of nitrogens with two attached hydrogens (primary N) is 1. The maximum atomic E-state index is 10.8. The highest BCUT2D eigenvalue weighted by Crippen LogP contribution is 2.14. The van der Waals surface area contributed by atoms with Gasteiger partial charge < -0.3 is 15.6 Å². The van der Waals surface area contributed by atoms with Crippen molar-refractivity contribution >= 4 is 11.9 Å². The third kappa shape index (κ3) is 2.98. The Labute approximate surface area is 92.8 Å². The Hall–Kier alpha value is -2.04. The summed E-state index contributed by atoms with van der Waals surface area (Å²) < 4.78 is 5.21. The number of carbonyl (C=O) groups is 2. The van der Waals surface area contributed by atoms with E-state index < -0.39 is 18.0 Å². The summed E-state index contributed by atoms with van der Waals surface area (Å²) in [5, 5.41) is 8.78. The monoisotopic (exact) mass is 223 g/mol. The normalized spacial score (nSPS) is 11.8. The quantitative estimate of drug-likeness (QED) is 0.780. The number of aliphatic carboxylic acids is 1. The summed E-state index contributed by atoms with van der Waals surface area (Å²) in [6.07, 6.45) is -0.508. The molecule has 0 radical (unpaired) electrons. The van der Waals surface area contributed by atoms with Gasteiger partial charge in [-0.25, -0.2) is 4.79 Å². The molecule has 1 aromatic carbocycles. The van der Waals surface area contributed by atoms with E-state index in [1.165, 1.54) is 24.3 Å². The molecule has 1 unspecified atom stereocenters. The smallest absolute Gasteiger partial charge is 0.344 e. The van der Waals surface area contributed by atoms with Crippen LogP contribution in [0.5, 0.6) is 5.75 Å². The number of carbonyl (C=O) groups excluding carboxylic acids is 1. The number of rotatable bonds is 5. The third-order valence-corrected chi connectivity index (χ3v) is 2.06. The fourth-order valence-electron chi connectivity index (χ4n) is 1.17. The van der Waals surface area contributed by atoms with E-state index >= 15 is 0 Å². The van der Waals surface area contributed by atoms with Gasteiger partial charge in [0.1, 0.15) is 5.75 Å². The maximum absolute atomic E-state index is 10.8. The molecule has 86 valence electrons. The summed E-state index contributed by atoms with van der Waals surface area (Å²) in [4.78, 5) is 21.5. The molecule has 1 aromatic rings. The lowest BCUT2D eigenvalue weighted by atomic mass is 10.2. The zero-order valence-electron chi connectivity index (χ0n) is 8.84. The van der Waals surface area contributed by atoms with Gasteiger partial charge in [0, 0.05) is 5.56 Å². The number of carboxylic acids is 1. The molecule has 0 saturated heterocycles. The van der Waals surface area contributed by atoms with Gasteiger partial charge in [0.05, 0.1) is 0 Å². The van der Waals surface area contributed by atoms with Crippen LogP contribution < -0.4 is 10.5 Å². The van der Waals surface area contributed by atoms with Crippen LogP contribution in [-0.4, -0.2) is 23.1 Å². The number of amides is 1. The second-order valence-electron chi connectivity index (χ2n) is 3.24. The second kappa shape index (κ2) is 5.16. The minimum atomic E-state index is -1.01. The lowest BCUT2D eigenvalue weighted by Gasteiger charge is -2.12. The van der Waals surface area contributed by atoms with Crippen LogP contribution in [0, 0.1) is 0 Å². The second-order valence-corrected chi connectivity index (χ2v) is 3.24. The molecule has 0 fully saturated rings. The topological polar surface area (TPSA) is 89.6 Å². The molecule has 3 N–H and O–H groups in total. The summed E-state index contributed by atoms with van der Waals surface area (Å²) in [6.45, 7) is 1.72. The van der Waals surface area contributed by atoms with Crippen LogP contribution in [0.15, 0.2) is 24.3 Å². The number of hydrogen-bond donors (Lipinski definition) is 2. The Balaban J connectivity index is 2.75. The first kappa shape index (κ1) is 12.0. The highest BCUT2D eigenvalue weighted by atomic mass is 16.5. The number of carboxylic acid groups (broad SMARTS) is 1. The maximum Gasteiger partial charge on any atom is 0.344 e. The first-order chi connectivity index (χ1) is 7.54. The van der Waals surface area contributed by atoms with E-state index in [1.807, 2.05) is 0 Å². The van der Waals surface area contributed by atoms with Gasteiger partial charge in [-0.05, 0) is 30.7 Å². The molecule has 0 aliphatic heterocycles. The fraction of sp³-hybridized carbons (Fsp3) is 0.273. The first-order valence-electron chi connectivity index (χ1n) is 4.84. The van der Waals surface area contributed by atoms with E-state index in [0.29, 0.717) is 17.7 Å². The molecule has 0 heterocycles. The number of primary amides is 1. The SMILES string of the molecule is CCC(Oc1ccc(C(N)=O)cc1)C(=O)O. The van der Waals surface area contributed by atoms with Crippen molar-refractivity contribution in [3.05, 3.63) is 29.8 Å². The largest absolute Gasteiger partial charge is 0.479 e. The Morgan fingerprint density at radius 1 is 1.38 bits per heavy atom. The summed E-state index contributed by atoms with van der Waals surface area (Å²) >= 11 is 0. The van der Waals surface area contributed by atoms with Crippen LogP contribution in [-0.2, 0) is 4.79 Å². The Kier molecular flexibility index (Phi) is 3.88. The fourth-order valence-corrected chi connectivity index (χ4v) is 1.17. The molecule has 5 heteroatoms. The molecule has 0 saturated carbocycles. The standard InChI is InChI=1S/C11H13NO4/c1-2-9(11(14)15)16-8-5-3-7(4-6-8)10(12)13/h3-6,9H,2H2,1H3,(H2,12,13)(H,14,15). The molecule has 0 spiro atoms. The van der Waals surface area contributed by atoms with Gasteiger partial charge in [0.25, 0.3) is 0 Å². The van der Waals surface area contributed by atoms with Crippen molar-refractivity contribution in [2.75, 3.05) is 0 Å². The summed E-state index contributed by atoms with van der Waals surface area (Å²) in [5.41, 5.74) is 5.42. The van der Waals surface area contributed by atoms with E-state index in [1.54, 1.807) is 6.92 Å². The van der Waals surface area contributed by atoms with Gasteiger partial charge in [0.15, 0.2) is 6.10 Å². The zero-order chi connectivity index (χ0) is 12.1. The average Bonchev–Trinajstić information content (AvgIpc) is 2.26. The van der Waals surface area contributed by atoms with Crippen LogP contribution in [0.4, 0.5) is 0 Å². The van der Waals surface area contributed by atoms with Gasteiger partial charge >= 0.3 is 5.97 Å². The van der Waals surface area contributed by atoms with Crippen molar-refractivity contribution in [1.29, 1.82) is 0 Å². The van der Waals surface area contributed by atoms with Crippen molar-refractivity contribution in [2.24, 2.45) is 5.73 Å². The highest BCUT2D eigenvalue weighted by Gasteiger charge is 2.16. The molecule has 1 rings (SSSR count). The number of hydrogen-bond acceptors (Lipinski definition) is 3. The molecule has 0 aliphatic carbocycles. The lowest BCUT2D eigenvalue weighted by molar-refractivity contribution is -0.145. The minimum Gasteiger partial charge on any atom is -0.479 e. The summed E-state index contributed by atoms with van der Waals surface area (Å²) in [5.74, 6) is -1.14. The number of ether oxygens (including phenoxy) is 1. The van der Waals surface area contributed by atoms with Crippen LogP contribution in [0.2, 0.25) is 0 Å². The Morgan fingerprint density at radius 3 is 2.31 bits per heavy atom. The highest BCUT2D eigenvalue weighted by molar-refractivity contribution is 5.92. The van der Waals surface area contributed by atoms with Gasteiger partial charge in [-0.3, -0.25) is 4.79 Å². The summed E-state index contributed by atoms with van der Waals surface area (Å²) in [6, 6.07) is 6.02. The average molecular weight is 223 g/mol. The van der Waals surface area contributed by atoms with Gasteiger partial charge in [-0.2, -0.15) is 0 Å². The van der Waals surface area contributed by atoms with Crippen molar-refractivity contribution in [2.45, 2.75) is 19.4 Å². The van der Waals surface area contributed by atoms with E-state index in [-0.39, 0.29) is 0 Å². The van der Waals surface area contributed by atoms with Crippen molar-refractivity contribution in [1.82, 2.24) is 0 Å². The third-order valence-electron chi connectivity index (χ3n) is 2.06. The van der Waals surface area contributed by atoms with Crippen molar-refractivity contribution in [3.8, 4) is 5.75 Å². The van der Waals surface area contributed by atoms with Crippen LogP contribution in [0.3, 0.4) is 0 Å². The van der Waals surface area contributed by atoms with Gasteiger partial charge in [-0.1, -0.05) is 6.92 Å². The summed E-state index contributed by atoms with van der Waals surface area (Å²) in [7, 11) is 0. The minimum absolute atomic E-state index is 0.357.